The molecule has 0 aromatic rings. The molecular formula is C12H19N3O4S. The molecule has 0 radical (unpaired) electrons. The molecule has 2 saturated heterocycles. The summed E-state index contributed by atoms with van der Waals surface area (Å²) in [4.78, 5) is 37.3. The Hall–Kier alpha value is -1.12. The van der Waals surface area contributed by atoms with E-state index in [0.717, 1.165) is 6.29 Å². The van der Waals surface area contributed by atoms with Crippen molar-refractivity contribution in [3.05, 3.63) is 0 Å². The molecule has 7 nitrogen and oxygen atoms in total. The Kier molecular flexibility index (Phi) is 4.08. The van der Waals surface area contributed by atoms with Gasteiger partial charge in [0.05, 0.1) is 25.2 Å². The number of hydrogen-bond acceptors (Lipinski definition) is 6. The van der Waals surface area contributed by atoms with Gasteiger partial charge in [-0.05, 0) is 6.92 Å². The highest BCUT2D eigenvalue weighted by molar-refractivity contribution is 8.01. The van der Waals surface area contributed by atoms with Gasteiger partial charge in [-0.3, -0.25) is 9.59 Å². The van der Waals surface area contributed by atoms with Gasteiger partial charge in [-0.25, -0.2) is 0 Å². The molecule has 2 fully saturated rings. The SMILES string of the molecule is CC(=O)N1[C@H](C=O)CSC12CN(C(=O)[C@@H](N)C(C)O)C2. The van der Waals surface area contributed by atoms with E-state index in [2.05, 4.69) is 0 Å². The molecule has 8 heteroatoms. The topological polar surface area (TPSA) is 104 Å². The third-order valence-corrected chi connectivity index (χ3v) is 5.28. The average Bonchev–Trinajstić information content (AvgIpc) is 2.74. The standard InChI is InChI=1S/C12H19N3O4S/c1-7(17)10(13)11(19)14-5-12(6-14)15(8(2)18)9(3-16)4-20-12/h3,7,9-10,17H,4-6,13H2,1-2H3/t7?,9-,10+/m1/s1. The number of nitrogens with two attached hydrogens (primary N) is 1. The van der Waals surface area contributed by atoms with Crippen LogP contribution in [0.2, 0.25) is 0 Å². The molecule has 2 amide bonds. The number of likely N-dealkylation sites (tertiary alicyclic amines) is 1. The van der Waals surface area contributed by atoms with Crippen molar-refractivity contribution in [1.82, 2.24) is 9.80 Å². The smallest absolute Gasteiger partial charge is 0.242 e. The molecule has 2 aliphatic heterocycles. The molecule has 2 heterocycles. The van der Waals surface area contributed by atoms with Crippen molar-refractivity contribution < 1.29 is 19.5 Å². The van der Waals surface area contributed by atoms with Gasteiger partial charge in [0.1, 0.15) is 17.2 Å². The van der Waals surface area contributed by atoms with Crippen LogP contribution in [0.4, 0.5) is 0 Å². The molecule has 0 bridgehead atoms. The Balaban J connectivity index is 2.05. The summed E-state index contributed by atoms with van der Waals surface area (Å²) in [5, 5.41) is 9.35. The summed E-state index contributed by atoms with van der Waals surface area (Å²) in [7, 11) is 0. The highest BCUT2D eigenvalue weighted by Crippen LogP contribution is 2.45. The van der Waals surface area contributed by atoms with E-state index in [0.29, 0.717) is 18.8 Å². The fraction of sp³-hybridized carbons (Fsp3) is 0.750. The van der Waals surface area contributed by atoms with E-state index in [1.807, 2.05) is 0 Å². The highest BCUT2D eigenvalue weighted by Gasteiger charge is 2.57. The first-order chi connectivity index (χ1) is 9.32. The monoisotopic (exact) mass is 301 g/mol. The molecule has 0 aromatic carbocycles. The molecule has 0 saturated carbocycles. The molecule has 1 unspecified atom stereocenters. The summed E-state index contributed by atoms with van der Waals surface area (Å²) >= 11 is 1.52. The fourth-order valence-electron chi connectivity index (χ4n) is 2.67. The van der Waals surface area contributed by atoms with E-state index in [1.165, 1.54) is 30.5 Å². The maximum atomic E-state index is 12.0. The number of aliphatic hydroxyl groups is 1. The van der Waals surface area contributed by atoms with Gasteiger partial charge >= 0.3 is 0 Å². The van der Waals surface area contributed by atoms with E-state index < -0.39 is 23.1 Å². The van der Waals surface area contributed by atoms with Crippen molar-refractivity contribution in [2.24, 2.45) is 5.73 Å². The highest BCUT2D eigenvalue weighted by atomic mass is 32.2. The van der Waals surface area contributed by atoms with Crippen molar-refractivity contribution in [2.45, 2.75) is 36.9 Å². The lowest BCUT2D eigenvalue weighted by molar-refractivity contribution is -0.152. The molecule has 2 aliphatic rings. The third kappa shape index (κ3) is 2.32. The molecular weight excluding hydrogens is 282 g/mol. The van der Waals surface area contributed by atoms with Crippen LogP contribution < -0.4 is 5.73 Å². The normalized spacial score (nSPS) is 27.1. The first-order valence-corrected chi connectivity index (χ1v) is 7.42. The van der Waals surface area contributed by atoms with Gasteiger partial charge in [0.15, 0.2) is 0 Å². The van der Waals surface area contributed by atoms with Gasteiger partial charge < -0.3 is 25.4 Å². The predicted octanol–water partition coefficient (Wildman–Crippen LogP) is -1.60. The molecule has 0 aromatic heterocycles. The van der Waals surface area contributed by atoms with E-state index in [9.17, 15) is 19.5 Å². The van der Waals surface area contributed by atoms with Gasteiger partial charge in [-0.2, -0.15) is 0 Å². The Morgan fingerprint density at radius 2 is 2.10 bits per heavy atom. The van der Waals surface area contributed by atoms with Crippen LogP contribution in [0, 0.1) is 0 Å². The molecule has 1 spiro atoms. The largest absolute Gasteiger partial charge is 0.391 e. The molecule has 3 atom stereocenters. The summed E-state index contributed by atoms with van der Waals surface area (Å²) in [5.41, 5.74) is 5.62. The second-order valence-corrected chi connectivity index (χ2v) is 6.69. The van der Waals surface area contributed by atoms with Crippen LogP contribution in [0.25, 0.3) is 0 Å². The zero-order valence-corrected chi connectivity index (χ0v) is 12.3. The van der Waals surface area contributed by atoms with Gasteiger partial charge in [0.25, 0.3) is 0 Å². The lowest BCUT2D eigenvalue weighted by Gasteiger charge is -2.52. The number of carbonyl (C=O) groups excluding carboxylic acids is 3. The Morgan fingerprint density at radius 3 is 2.55 bits per heavy atom. The quantitative estimate of drug-likeness (QED) is 0.608. The van der Waals surface area contributed by atoms with E-state index >= 15 is 0 Å². The first kappa shape index (κ1) is 15.3. The van der Waals surface area contributed by atoms with Crippen LogP contribution in [0.1, 0.15) is 13.8 Å². The van der Waals surface area contributed by atoms with Crippen LogP contribution in [0.5, 0.6) is 0 Å². The third-order valence-electron chi connectivity index (χ3n) is 3.78. The van der Waals surface area contributed by atoms with Crippen molar-refractivity contribution in [3.63, 3.8) is 0 Å². The van der Waals surface area contributed by atoms with Crippen LogP contribution in [0.15, 0.2) is 0 Å². The van der Waals surface area contributed by atoms with E-state index in [1.54, 1.807) is 4.90 Å². The molecule has 3 N–H and O–H groups in total. The maximum absolute atomic E-state index is 12.0. The fourth-order valence-corrected chi connectivity index (χ4v) is 4.28. The number of thioether (sulfide) groups is 1. The van der Waals surface area contributed by atoms with Gasteiger partial charge in [-0.15, -0.1) is 11.8 Å². The Bertz CT molecular complexity index is 436. The number of carbonyl (C=O) groups is 3. The van der Waals surface area contributed by atoms with Crippen molar-refractivity contribution >= 4 is 29.9 Å². The Labute approximate surface area is 121 Å². The number of hydrogen-bond donors (Lipinski definition) is 2. The van der Waals surface area contributed by atoms with Gasteiger partial charge in [0.2, 0.25) is 11.8 Å². The number of amides is 2. The number of rotatable bonds is 3. The molecule has 20 heavy (non-hydrogen) atoms. The summed E-state index contributed by atoms with van der Waals surface area (Å²) in [6.07, 6.45) is -0.142. The summed E-state index contributed by atoms with van der Waals surface area (Å²) in [5.74, 6) is 0.0522. The second kappa shape index (κ2) is 5.34. The minimum Gasteiger partial charge on any atom is -0.391 e. The van der Waals surface area contributed by atoms with Crippen molar-refractivity contribution in [1.29, 1.82) is 0 Å². The zero-order chi connectivity index (χ0) is 15.1. The number of aldehydes is 1. The van der Waals surface area contributed by atoms with Crippen LogP contribution in [0.3, 0.4) is 0 Å². The predicted molar refractivity (Wildman–Crippen MR) is 73.8 cm³/mol. The minimum absolute atomic E-state index is 0.168. The van der Waals surface area contributed by atoms with Crippen LogP contribution in [-0.2, 0) is 14.4 Å². The summed E-state index contributed by atoms with van der Waals surface area (Å²) < 4.78 is 0. The number of nitrogens with zero attached hydrogens (tertiary/aromatic N) is 2. The van der Waals surface area contributed by atoms with Crippen molar-refractivity contribution in [2.75, 3.05) is 18.8 Å². The second-order valence-electron chi connectivity index (χ2n) is 5.31. The first-order valence-electron chi connectivity index (χ1n) is 6.44. The maximum Gasteiger partial charge on any atom is 0.242 e. The molecule has 2 rings (SSSR count). The average molecular weight is 301 g/mol. The molecule has 0 aliphatic carbocycles. The molecule has 112 valence electrons. The number of aliphatic hydroxyl groups excluding tert-OH is 1. The lowest BCUT2D eigenvalue weighted by atomic mass is 10.0. The van der Waals surface area contributed by atoms with Gasteiger partial charge in [0, 0.05) is 12.7 Å². The van der Waals surface area contributed by atoms with Crippen LogP contribution in [-0.4, -0.2) is 74.9 Å². The Morgan fingerprint density at radius 1 is 1.50 bits per heavy atom. The van der Waals surface area contributed by atoms with E-state index in [-0.39, 0.29) is 11.8 Å². The van der Waals surface area contributed by atoms with Gasteiger partial charge in [-0.1, -0.05) is 0 Å². The van der Waals surface area contributed by atoms with Crippen molar-refractivity contribution in [3.8, 4) is 0 Å². The summed E-state index contributed by atoms with van der Waals surface area (Å²) in [6.45, 7) is 3.59. The van der Waals surface area contributed by atoms with Crippen LogP contribution >= 0.6 is 11.8 Å². The lowest BCUT2D eigenvalue weighted by Crippen LogP contribution is -2.71. The van der Waals surface area contributed by atoms with E-state index in [4.69, 9.17) is 5.73 Å². The minimum atomic E-state index is -0.952. The zero-order valence-electron chi connectivity index (χ0n) is 11.5. The summed E-state index contributed by atoms with van der Waals surface area (Å²) in [6, 6.07) is -1.38.